The van der Waals surface area contributed by atoms with Crippen LogP contribution in [0.25, 0.3) is 11.4 Å². The van der Waals surface area contributed by atoms with Crippen LogP contribution in [0.1, 0.15) is 18.7 Å². The van der Waals surface area contributed by atoms with Crippen molar-refractivity contribution in [2.75, 3.05) is 11.1 Å². The van der Waals surface area contributed by atoms with Gasteiger partial charge in [-0.25, -0.2) is 15.0 Å². The molecule has 0 radical (unpaired) electrons. The second-order valence-electron chi connectivity index (χ2n) is 4.10. The fourth-order valence-corrected chi connectivity index (χ4v) is 2.43. The standard InChI is InChI=1S/C14H10N6S.C2H6/c15-8-11-12(20-13(16)21-11)10-6-7-17-14(19-10)18-9-4-2-1-3-5-9;1-2/h1-7H,(H2,16,20)(H,17,18,19);1-2H3. The summed E-state index contributed by atoms with van der Waals surface area (Å²) in [6.07, 6.45) is 1.62. The lowest BCUT2D eigenvalue weighted by Gasteiger charge is -2.05. The van der Waals surface area contributed by atoms with Crippen molar-refractivity contribution in [1.82, 2.24) is 15.0 Å². The first-order valence-electron chi connectivity index (χ1n) is 7.08. The van der Waals surface area contributed by atoms with Gasteiger partial charge >= 0.3 is 0 Å². The molecule has 116 valence electrons. The monoisotopic (exact) mass is 324 g/mol. The molecule has 0 aliphatic carbocycles. The SMILES string of the molecule is CC.N#Cc1sc(N)nc1-c1ccnc(Nc2ccccc2)n1. The van der Waals surface area contributed by atoms with Crippen molar-refractivity contribution in [2.45, 2.75) is 13.8 Å². The van der Waals surface area contributed by atoms with Crippen LogP contribution < -0.4 is 11.1 Å². The van der Waals surface area contributed by atoms with E-state index in [9.17, 15) is 0 Å². The molecule has 2 aromatic heterocycles. The molecule has 3 rings (SSSR count). The van der Waals surface area contributed by atoms with Crippen LogP contribution >= 0.6 is 11.3 Å². The van der Waals surface area contributed by atoms with Crippen LogP contribution in [0.4, 0.5) is 16.8 Å². The largest absolute Gasteiger partial charge is 0.375 e. The van der Waals surface area contributed by atoms with Gasteiger partial charge in [-0.3, -0.25) is 0 Å². The third kappa shape index (κ3) is 4.02. The summed E-state index contributed by atoms with van der Waals surface area (Å²) < 4.78 is 0. The van der Waals surface area contributed by atoms with E-state index in [1.807, 2.05) is 44.2 Å². The van der Waals surface area contributed by atoms with Crippen LogP contribution in [-0.2, 0) is 0 Å². The van der Waals surface area contributed by atoms with E-state index in [2.05, 4.69) is 26.3 Å². The summed E-state index contributed by atoms with van der Waals surface area (Å²) in [5, 5.41) is 12.5. The molecule has 0 spiro atoms. The van der Waals surface area contributed by atoms with Gasteiger partial charge in [0.15, 0.2) is 5.13 Å². The number of para-hydroxylation sites is 1. The molecule has 0 atom stereocenters. The highest BCUT2D eigenvalue weighted by Gasteiger charge is 2.13. The van der Waals surface area contributed by atoms with Crippen LogP contribution in [0, 0.1) is 11.3 Å². The summed E-state index contributed by atoms with van der Waals surface area (Å²) >= 11 is 1.14. The maximum Gasteiger partial charge on any atom is 0.227 e. The molecular weight excluding hydrogens is 308 g/mol. The van der Waals surface area contributed by atoms with Gasteiger partial charge in [0.05, 0.1) is 5.69 Å². The van der Waals surface area contributed by atoms with E-state index in [4.69, 9.17) is 11.0 Å². The lowest BCUT2D eigenvalue weighted by atomic mass is 10.3. The summed E-state index contributed by atoms with van der Waals surface area (Å²) in [5.74, 6) is 0.439. The fraction of sp³-hybridized carbons (Fsp3) is 0.125. The Morgan fingerprint density at radius 2 is 1.87 bits per heavy atom. The third-order valence-corrected chi connectivity index (χ3v) is 3.46. The molecule has 23 heavy (non-hydrogen) atoms. The molecule has 7 heteroatoms. The summed E-state index contributed by atoms with van der Waals surface area (Å²) in [5.41, 5.74) is 7.58. The molecule has 0 saturated heterocycles. The molecule has 2 heterocycles. The number of benzene rings is 1. The molecule has 3 N–H and O–H groups in total. The highest BCUT2D eigenvalue weighted by Crippen LogP contribution is 2.28. The lowest BCUT2D eigenvalue weighted by molar-refractivity contribution is 1.16. The number of nitrogens with one attached hydrogen (secondary N) is 1. The zero-order valence-electron chi connectivity index (χ0n) is 12.8. The molecule has 3 aromatic rings. The molecule has 1 aromatic carbocycles. The van der Waals surface area contributed by atoms with Crippen LogP contribution in [-0.4, -0.2) is 15.0 Å². The van der Waals surface area contributed by atoms with Gasteiger partial charge in [-0.2, -0.15) is 5.26 Å². The maximum absolute atomic E-state index is 9.10. The maximum atomic E-state index is 9.10. The number of nitrogen functional groups attached to an aromatic ring is 1. The van der Waals surface area contributed by atoms with Crippen LogP contribution in [0.15, 0.2) is 42.6 Å². The minimum atomic E-state index is 0.345. The molecular formula is C16H16N6S. The predicted octanol–water partition coefficient (Wildman–Crippen LogP) is 3.82. The number of aromatic nitrogens is 3. The lowest BCUT2D eigenvalue weighted by Crippen LogP contribution is -1.98. The molecule has 0 aliphatic heterocycles. The van der Waals surface area contributed by atoms with E-state index in [1.54, 1.807) is 12.3 Å². The number of rotatable bonds is 3. The second kappa shape index (κ2) is 7.87. The number of nitrogens with two attached hydrogens (primary N) is 1. The Balaban J connectivity index is 0.000000924. The quantitative estimate of drug-likeness (QED) is 0.759. The van der Waals surface area contributed by atoms with E-state index in [-0.39, 0.29) is 0 Å². The average molecular weight is 324 g/mol. The first-order chi connectivity index (χ1) is 11.3. The van der Waals surface area contributed by atoms with E-state index >= 15 is 0 Å². The number of nitriles is 1. The summed E-state index contributed by atoms with van der Waals surface area (Å²) in [6, 6.07) is 13.4. The van der Waals surface area contributed by atoms with E-state index < -0.39 is 0 Å². The smallest absolute Gasteiger partial charge is 0.227 e. The Labute approximate surface area is 138 Å². The highest BCUT2D eigenvalue weighted by atomic mass is 32.1. The minimum Gasteiger partial charge on any atom is -0.375 e. The Morgan fingerprint density at radius 1 is 1.13 bits per heavy atom. The van der Waals surface area contributed by atoms with Gasteiger partial charge in [0, 0.05) is 11.9 Å². The highest BCUT2D eigenvalue weighted by molar-refractivity contribution is 7.16. The van der Waals surface area contributed by atoms with Crippen molar-refractivity contribution in [2.24, 2.45) is 0 Å². The Hall–Kier alpha value is -2.98. The van der Waals surface area contributed by atoms with Crippen molar-refractivity contribution in [3.63, 3.8) is 0 Å². The average Bonchev–Trinajstić information content (AvgIpc) is 2.99. The number of anilines is 3. The van der Waals surface area contributed by atoms with Gasteiger partial charge in [0.1, 0.15) is 16.6 Å². The molecule has 6 nitrogen and oxygen atoms in total. The number of hydrogen-bond donors (Lipinski definition) is 2. The van der Waals surface area contributed by atoms with Crippen molar-refractivity contribution < 1.29 is 0 Å². The zero-order chi connectivity index (χ0) is 16.7. The molecule has 0 unspecified atom stereocenters. The van der Waals surface area contributed by atoms with Crippen LogP contribution in [0.5, 0.6) is 0 Å². The van der Waals surface area contributed by atoms with Crippen molar-refractivity contribution in [3.8, 4) is 17.5 Å². The van der Waals surface area contributed by atoms with Crippen molar-refractivity contribution in [1.29, 1.82) is 5.26 Å². The first-order valence-corrected chi connectivity index (χ1v) is 7.90. The van der Waals surface area contributed by atoms with Crippen LogP contribution in [0.3, 0.4) is 0 Å². The van der Waals surface area contributed by atoms with Crippen molar-refractivity contribution >= 4 is 28.1 Å². The molecule has 0 aliphatic rings. The fourth-order valence-electron chi connectivity index (χ4n) is 1.79. The van der Waals surface area contributed by atoms with Crippen LogP contribution in [0.2, 0.25) is 0 Å². The number of hydrogen-bond acceptors (Lipinski definition) is 7. The van der Waals surface area contributed by atoms with Gasteiger partial charge in [-0.15, -0.1) is 0 Å². The van der Waals surface area contributed by atoms with E-state index in [1.165, 1.54) is 0 Å². The van der Waals surface area contributed by atoms with Gasteiger partial charge in [-0.05, 0) is 18.2 Å². The minimum absolute atomic E-state index is 0.345. The second-order valence-corrected chi connectivity index (χ2v) is 5.13. The Morgan fingerprint density at radius 3 is 2.57 bits per heavy atom. The topological polar surface area (TPSA) is 101 Å². The first kappa shape index (κ1) is 16.4. The van der Waals surface area contributed by atoms with Gasteiger partial charge in [-0.1, -0.05) is 43.4 Å². The zero-order valence-corrected chi connectivity index (χ0v) is 13.6. The summed E-state index contributed by atoms with van der Waals surface area (Å²) in [7, 11) is 0. The molecule has 0 fully saturated rings. The molecule has 0 saturated carbocycles. The molecule has 0 amide bonds. The summed E-state index contributed by atoms with van der Waals surface area (Å²) in [4.78, 5) is 13.1. The number of thiazole rings is 1. The predicted molar refractivity (Wildman–Crippen MR) is 93.3 cm³/mol. The van der Waals surface area contributed by atoms with Gasteiger partial charge in [0.25, 0.3) is 0 Å². The van der Waals surface area contributed by atoms with E-state index in [0.717, 1.165) is 17.0 Å². The Kier molecular flexibility index (Phi) is 5.61. The summed E-state index contributed by atoms with van der Waals surface area (Å²) in [6.45, 7) is 4.00. The number of nitrogens with zero attached hydrogens (tertiary/aromatic N) is 4. The van der Waals surface area contributed by atoms with E-state index in [0.29, 0.717) is 27.3 Å². The van der Waals surface area contributed by atoms with Gasteiger partial charge in [0.2, 0.25) is 5.95 Å². The van der Waals surface area contributed by atoms with Gasteiger partial charge < -0.3 is 11.1 Å². The normalized spacial score (nSPS) is 9.43. The van der Waals surface area contributed by atoms with Crippen molar-refractivity contribution in [3.05, 3.63) is 47.5 Å². The Bertz CT molecular complexity index is 807. The molecule has 0 bridgehead atoms. The third-order valence-electron chi connectivity index (χ3n) is 2.67.